The maximum absolute atomic E-state index is 13.6. The molecule has 1 atom stereocenters. The topological polar surface area (TPSA) is 52.7 Å². The number of hydrogen-bond donors (Lipinski definition) is 1. The number of fused-ring (bicyclic) bond motifs is 1. The van der Waals surface area contributed by atoms with Crippen molar-refractivity contribution in [3.8, 4) is 0 Å². The standard InChI is InChI=1S/C27H34FN3O2S/c28-20-13-11-19(12-14-20)18-31-17-7-9-22(31)25(32)29-26-24(27(33)30-15-5-2-6-16-30)21-8-3-1-4-10-23(21)34-26/h11-14,22H,1-10,15-18H2,(H,29,32)/t22-/m1/s1. The lowest BCUT2D eigenvalue weighted by molar-refractivity contribution is -0.120. The van der Waals surface area contributed by atoms with Crippen molar-refractivity contribution in [1.82, 2.24) is 9.80 Å². The first-order valence-electron chi connectivity index (χ1n) is 12.8. The smallest absolute Gasteiger partial charge is 0.257 e. The normalized spacial score (nSPS) is 21.2. The Labute approximate surface area is 205 Å². The number of hydrogen-bond acceptors (Lipinski definition) is 4. The van der Waals surface area contributed by atoms with Gasteiger partial charge < -0.3 is 10.2 Å². The van der Waals surface area contributed by atoms with Crippen molar-refractivity contribution in [3.05, 3.63) is 51.7 Å². The van der Waals surface area contributed by atoms with Gasteiger partial charge in [-0.05, 0) is 87.6 Å². The summed E-state index contributed by atoms with van der Waals surface area (Å²) in [6, 6.07) is 6.28. The van der Waals surface area contributed by atoms with E-state index >= 15 is 0 Å². The first-order valence-corrected chi connectivity index (χ1v) is 13.6. The first-order chi connectivity index (χ1) is 16.6. The molecule has 0 spiro atoms. The van der Waals surface area contributed by atoms with Crippen LogP contribution in [0.5, 0.6) is 0 Å². The highest BCUT2D eigenvalue weighted by Crippen LogP contribution is 2.39. The number of rotatable bonds is 5. The number of nitrogens with one attached hydrogen (secondary N) is 1. The van der Waals surface area contributed by atoms with E-state index in [2.05, 4.69) is 10.2 Å². The molecule has 7 heteroatoms. The molecular formula is C27H34FN3O2S. The van der Waals surface area contributed by atoms with E-state index in [0.29, 0.717) is 6.54 Å². The Morgan fingerprint density at radius 2 is 1.68 bits per heavy atom. The van der Waals surface area contributed by atoms with Gasteiger partial charge in [0.15, 0.2) is 0 Å². The predicted molar refractivity (Wildman–Crippen MR) is 134 cm³/mol. The van der Waals surface area contributed by atoms with Gasteiger partial charge in [-0.15, -0.1) is 11.3 Å². The molecule has 182 valence electrons. The van der Waals surface area contributed by atoms with E-state index < -0.39 is 0 Å². The number of piperidine rings is 1. The second-order valence-corrected chi connectivity index (χ2v) is 11.0. The van der Waals surface area contributed by atoms with Crippen molar-refractivity contribution in [1.29, 1.82) is 0 Å². The zero-order valence-electron chi connectivity index (χ0n) is 19.8. The van der Waals surface area contributed by atoms with Crippen LogP contribution in [0.1, 0.15) is 77.7 Å². The molecule has 5 rings (SSSR count). The van der Waals surface area contributed by atoms with Crippen LogP contribution in [0.4, 0.5) is 9.39 Å². The number of carbonyl (C=O) groups is 2. The molecule has 3 heterocycles. The van der Waals surface area contributed by atoms with Crippen molar-refractivity contribution in [2.24, 2.45) is 0 Å². The lowest BCUT2D eigenvalue weighted by Crippen LogP contribution is -2.40. The van der Waals surface area contributed by atoms with Crippen LogP contribution in [0.25, 0.3) is 0 Å². The third-order valence-corrected chi connectivity index (χ3v) is 8.69. The van der Waals surface area contributed by atoms with Crippen LogP contribution in [0.2, 0.25) is 0 Å². The van der Waals surface area contributed by atoms with Crippen LogP contribution in [-0.4, -0.2) is 47.3 Å². The van der Waals surface area contributed by atoms with E-state index in [4.69, 9.17) is 0 Å². The summed E-state index contributed by atoms with van der Waals surface area (Å²) in [7, 11) is 0. The number of thiophene rings is 1. The molecule has 1 aliphatic carbocycles. The van der Waals surface area contributed by atoms with Crippen molar-refractivity contribution in [2.75, 3.05) is 25.0 Å². The van der Waals surface area contributed by atoms with E-state index in [-0.39, 0.29) is 23.7 Å². The minimum absolute atomic E-state index is 0.0243. The van der Waals surface area contributed by atoms with Crippen LogP contribution < -0.4 is 5.32 Å². The van der Waals surface area contributed by atoms with Gasteiger partial charge >= 0.3 is 0 Å². The van der Waals surface area contributed by atoms with Crippen LogP contribution in [0.3, 0.4) is 0 Å². The van der Waals surface area contributed by atoms with Gasteiger partial charge in [-0.25, -0.2) is 4.39 Å². The molecule has 34 heavy (non-hydrogen) atoms. The molecule has 3 aliphatic rings. The van der Waals surface area contributed by atoms with Crippen molar-refractivity contribution < 1.29 is 14.0 Å². The molecule has 2 aromatic rings. The SMILES string of the molecule is O=C(Nc1sc2c(c1C(=O)N1CCCCC1)CCCCC2)[C@H]1CCCN1Cc1ccc(F)cc1. The predicted octanol–water partition coefficient (Wildman–Crippen LogP) is 5.39. The Kier molecular flexibility index (Phi) is 7.30. The number of likely N-dealkylation sites (tertiary alicyclic amines) is 2. The lowest BCUT2D eigenvalue weighted by atomic mass is 10.0. The van der Waals surface area contributed by atoms with Crippen LogP contribution in [0.15, 0.2) is 24.3 Å². The molecule has 5 nitrogen and oxygen atoms in total. The number of aryl methyl sites for hydroxylation is 1. The number of carbonyl (C=O) groups excluding carboxylic acids is 2. The van der Waals surface area contributed by atoms with Gasteiger partial charge in [0.05, 0.1) is 11.6 Å². The zero-order valence-corrected chi connectivity index (χ0v) is 20.6. The molecule has 0 bridgehead atoms. The molecule has 1 aromatic heterocycles. The third kappa shape index (κ3) is 5.05. The molecular weight excluding hydrogens is 449 g/mol. The quantitative estimate of drug-likeness (QED) is 0.581. The van der Waals surface area contributed by atoms with Crippen LogP contribution >= 0.6 is 11.3 Å². The molecule has 0 saturated carbocycles. The van der Waals surface area contributed by atoms with Gasteiger partial charge in [0.25, 0.3) is 5.91 Å². The largest absolute Gasteiger partial charge is 0.339 e. The number of halogens is 1. The minimum atomic E-state index is -0.247. The highest BCUT2D eigenvalue weighted by molar-refractivity contribution is 7.17. The fourth-order valence-corrected chi connectivity index (χ4v) is 6.93. The Balaban J connectivity index is 1.37. The monoisotopic (exact) mass is 483 g/mol. The fraction of sp³-hybridized carbons (Fsp3) is 0.556. The van der Waals surface area contributed by atoms with Crippen LogP contribution in [-0.2, 0) is 24.2 Å². The fourth-order valence-electron chi connectivity index (χ4n) is 5.64. The van der Waals surface area contributed by atoms with Crippen molar-refractivity contribution in [3.63, 3.8) is 0 Å². The number of nitrogens with zero attached hydrogens (tertiary/aromatic N) is 2. The van der Waals surface area contributed by atoms with E-state index in [1.54, 1.807) is 23.5 Å². The Morgan fingerprint density at radius 3 is 2.47 bits per heavy atom. The summed E-state index contributed by atoms with van der Waals surface area (Å²) in [5, 5.41) is 3.96. The number of benzene rings is 1. The summed E-state index contributed by atoms with van der Waals surface area (Å²) in [4.78, 5) is 32.6. The number of amides is 2. The van der Waals surface area contributed by atoms with Gasteiger partial charge in [-0.2, -0.15) is 0 Å². The Hall–Kier alpha value is -2.25. The maximum Gasteiger partial charge on any atom is 0.257 e. The Morgan fingerprint density at radius 1 is 0.941 bits per heavy atom. The molecule has 1 aromatic carbocycles. The summed E-state index contributed by atoms with van der Waals surface area (Å²) in [6.45, 7) is 3.09. The van der Waals surface area contributed by atoms with Gasteiger partial charge in [0.1, 0.15) is 10.8 Å². The highest BCUT2D eigenvalue weighted by atomic mass is 32.1. The van der Waals surface area contributed by atoms with E-state index in [1.165, 1.54) is 35.4 Å². The van der Waals surface area contributed by atoms with Gasteiger partial charge in [0.2, 0.25) is 5.91 Å². The second kappa shape index (κ2) is 10.6. The lowest BCUT2D eigenvalue weighted by Gasteiger charge is -2.28. The molecule has 0 unspecified atom stereocenters. The molecule has 2 aliphatic heterocycles. The minimum Gasteiger partial charge on any atom is -0.339 e. The molecule has 1 N–H and O–H groups in total. The maximum atomic E-state index is 13.6. The average Bonchev–Trinajstić information content (AvgIpc) is 3.38. The van der Waals surface area contributed by atoms with Crippen LogP contribution in [0, 0.1) is 5.82 Å². The summed E-state index contributed by atoms with van der Waals surface area (Å²) in [6.07, 6.45) is 10.4. The second-order valence-electron chi connectivity index (χ2n) is 9.87. The summed E-state index contributed by atoms with van der Waals surface area (Å²) in [5.41, 5.74) is 2.95. The zero-order chi connectivity index (χ0) is 23.5. The molecule has 2 fully saturated rings. The Bertz CT molecular complexity index is 1030. The van der Waals surface area contributed by atoms with E-state index in [0.717, 1.165) is 87.1 Å². The van der Waals surface area contributed by atoms with E-state index in [9.17, 15) is 14.0 Å². The van der Waals surface area contributed by atoms with Gasteiger partial charge in [-0.1, -0.05) is 18.6 Å². The van der Waals surface area contributed by atoms with E-state index in [1.807, 2.05) is 4.90 Å². The van der Waals surface area contributed by atoms with Gasteiger partial charge in [0, 0.05) is 24.5 Å². The average molecular weight is 484 g/mol. The summed E-state index contributed by atoms with van der Waals surface area (Å²) < 4.78 is 13.3. The van der Waals surface area contributed by atoms with Gasteiger partial charge in [-0.3, -0.25) is 14.5 Å². The van der Waals surface area contributed by atoms with Crippen molar-refractivity contribution >= 4 is 28.2 Å². The first kappa shape index (κ1) is 23.5. The van der Waals surface area contributed by atoms with Crippen molar-refractivity contribution in [2.45, 2.75) is 76.8 Å². The summed E-state index contributed by atoms with van der Waals surface area (Å²) >= 11 is 1.62. The highest BCUT2D eigenvalue weighted by Gasteiger charge is 2.34. The number of anilines is 1. The third-order valence-electron chi connectivity index (χ3n) is 7.48. The summed E-state index contributed by atoms with van der Waals surface area (Å²) in [5.74, 6) is -0.171. The molecule has 2 amide bonds. The molecule has 2 saturated heterocycles. The molecule has 0 radical (unpaired) electrons.